The number of pyridine rings is 1. The van der Waals surface area contributed by atoms with Crippen LogP contribution in [0, 0.1) is 0 Å². The summed E-state index contributed by atoms with van der Waals surface area (Å²) in [5.41, 5.74) is 0.956. The van der Waals surface area contributed by atoms with Crippen LogP contribution in [0.3, 0.4) is 0 Å². The third-order valence-electron chi connectivity index (χ3n) is 3.34. The van der Waals surface area contributed by atoms with E-state index in [1.165, 1.54) is 18.5 Å². The van der Waals surface area contributed by atoms with Crippen molar-refractivity contribution in [3.8, 4) is 17.1 Å². The Bertz CT molecular complexity index is 884. The lowest BCUT2D eigenvalue weighted by Gasteiger charge is -2.12. The average molecular weight is 336 g/mol. The Hall–Kier alpha value is -3.48. The van der Waals surface area contributed by atoms with Gasteiger partial charge in [0.15, 0.2) is 17.4 Å². The van der Waals surface area contributed by atoms with Crippen molar-refractivity contribution in [1.82, 2.24) is 15.0 Å². The molecule has 0 aliphatic heterocycles. The van der Waals surface area contributed by atoms with Crippen molar-refractivity contribution in [2.24, 2.45) is 0 Å². The normalized spacial score (nSPS) is 10.3. The van der Waals surface area contributed by atoms with E-state index in [0.29, 0.717) is 5.82 Å². The first-order valence-corrected chi connectivity index (χ1v) is 7.69. The Labute approximate surface area is 144 Å². The standard InChI is InChI=1S/C18H16N4O3/c1-2-25-18(24)13-11-20-15(12-7-4-3-5-8-12)21-16(13)22-17-14(23)9-6-10-19-17/h3-11,23H,2H2,1H3,(H,19,20,21,22). The van der Waals surface area contributed by atoms with Crippen molar-refractivity contribution in [3.63, 3.8) is 0 Å². The van der Waals surface area contributed by atoms with E-state index in [2.05, 4.69) is 20.3 Å². The SMILES string of the molecule is CCOC(=O)c1cnc(-c2ccccc2)nc1Nc1ncccc1O. The summed E-state index contributed by atoms with van der Waals surface area (Å²) in [6, 6.07) is 12.4. The molecule has 2 aromatic heterocycles. The molecule has 0 aliphatic carbocycles. The van der Waals surface area contributed by atoms with Gasteiger partial charge in [0, 0.05) is 18.0 Å². The van der Waals surface area contributed by atoms with E-state index in [4.69, 9.17) is 4.74 Å². The van der Waals surface area contributed by atoms with E-state index in [0.717, 1.165) is 5.56 Å². The number of hydrogen-bond donors (Lipinski definition) is 2. The topological polar surface area (TPSA) is 97.2 Å². The molecule has 0 atom stereocenters. The number of hydrogen-bond acceptors (Lipinski definition) is 7. The molecule has 0 bridgehead atoms. The smallest absolute Gasteiger partial charge is 0.343 e. The zero-order valence-electron chi connectivity index (χ0n) is 13.5. The highest BCUT2D eigenvalue weighted by Crippen LogP contribution is 2.26. The van der Waals surface area contributed by atoms with Crippen LogP contribution >= 0.6 is 0 Å². The molecule has 7 heteroatoms. The van der Waals surface area contributed by atoms with Crippen molar-refractivity contribution < 1.29 is 14.6 Å². The van der Waals surface area contributed by atoms with Crippen molar-refractivity contribution >= 4 is 17.6 Å². The summed E-state index contributed by atoms with van der Waals surface area (Å²) >= 11 is 0. The van der Waals surface area contributed by atoms with Crippen LogP contribution in [0.1, 0.15) is 17.3 Å². The molecule has 0 radical (unpaired) electrons. The molecule has 25 heavy (non-hydrogen) atoms. The van der Waals surface area contributed by atoms with Gasteiger partial charge in [-0.25, -0.2) is 19.7 Å². The molecule has 126 valence electrons. The van der Waals surface area contributed by atoms with Crippen LogP contribution < -0.4 is 5.32 Å². The number of anilines is 2. The summed E-state index contributed by atoms with van der Waals surface area (Å²) < 4.78 is 5.04. The molecule has 0 unspecified atom stereocenters. The first-order valence-electron chi connectivity index (χ1n) is 7.69. The molecular formula is C18H16N4O3. The molecule has 0 fully saturated rings. The lowest BCUT2D eigenvalue weighted by atomic mass is 10.2. The quantitative estimate of drug-likeness (QED) is 0.691. The lowest BCUT2D eigenvalue weighted by molar-refractivity contribution is 0.0526. The van der Waals surface area contributed by atoms with Crippen LogP contribution in [0.25, 0.3) is 11.4 Å². The van der Waals surface area contributed by atoms with E-state index in [9.17, 15) is 9.90 Å². The highest BCUT2D eigenvalue weighted by Gasteiger charge is 2.18. The maximum Gasteiger partial charge on any atom is 0.343 e. The molecule has 0 saturated heterocycles. The van der Waals surface area contributed by atoms with Crippen LogP contribution in [0.4, 0.5) is 11.6 Å². The van der Waals surface area contributed by atoms with Gasteiger partial charge >= 0.3 is 5.97 Å². The Morgan fingerprint density at radius 1 is 1.12 bits per heavy atom. The van der Waals surface area contributed by atoms with Crippen LogP contribution in [0.15, 0.2) is 54.9 Å². The van der Waals surface area contributed by atoms with Crippen molar-refractivity contribution in [3.05, 3.63) is 60.4 Å². The number of carbonyl (C=O) groups is 1. The Balaban J connectivity index is 2.04. The molecular weight excluding hydrogens is 320 g/mol. The van der Waals surface area contributed by atoms with Gasteiger partial charge < -0.3 is 15.2 Å². The molecule has 3 aromatic rings. The largest absolute Gasteiger partial charge is 0.504 e. The molecule has 0 amide bonds. The molecule has 7 nitrogen and oxygen atoms in total. The van der Waals surface area contributed by atoms with E-state index < -0.39 is 5.97 Å². The van der Waals surface area contributed by atoms with E-state index >= 15 is 0 Å². The maximum atomic E-state index is 12.2. The highest BCUT2D eigenvalue weighted by atomic mass is 16.5. The number of ether oxygens (including phenoxy) is 1. The van der Waals surface area contributed by atoms with Crippen molar-refractivity contribution in [2.75, 3.05) is 11.9 Å². The van der Waals surface area contributed by atoms with Gasteiger partial charge in [-0.1, -0.05) is 30.3 Å². The monoisotopic (exact) mass is 336 g/mol. The fraction of sp³-hybridized carbons (Fsp3) is 0.111. The van der Waals surface area contributed by atoms with E-state index in [1.807, 2.05) is 30.3 Å². The summed E-state index contributed by atoms with van der Waals surface area (Å²) in [6.07, 6.45) is 2.92. The summed E-state index contributed by atoms with van der Waals surface area (Å²) in [6.45, 7) is 1.95. The number of aromatic nitrogens is 3. The van der Waals surface area contributed by atoms with Crippen LogP contribution in [-0.4, -0.2) is 32.6 Å². The summed E-state index contributed by atoms with van der Waals surface area (Å²) in [7, 11) is 0. The van der Waals surface area contributed by atoms with Crippen molar-refractivity contribution in [2.45, 2.75) is 6.92 Å². The average Bonchev–Trinajstić information content (AvgIpc) is 2.64. The molecule has 2 heterocycles. The predicted molar refractivity (Wildman–Crippen MR) is 92.6 cm³/mol. The summed E-state index contributed by atoms with van der Waals surface area (Å²) in [4.78, 5) is 24.9. The minimum Gasteiger partial charge on any atom is -0.504 e. The number of aromatic hydroxyl groups is 1. The molecule has 0 saturated carbocycles. The minimum absolute atomic E-state index is 0.0582. The molecule has 0 aliphatic rings. The third kappa shape index (κ3) is 3.72. The molecule has 0 spiro atoms. The molecule has 2 N–H and O–H groups in total. The number of carbonyl (C=O) groups excluding carboxylic acids is 1. The Morgan fingerprint density at radius 3 is 2.64 bits per heavy atom. The van der Waals surface area contributed by atoms with Gasteiger partial charge in [-0.2, -0.15) is 0 Å². The Morgan fingerprint density at radius 2 is 1.92 bits per heavy atom. The van der Waals surface area contributed by atoms with E-state index in [1.54, 1.807) is 13.0 Å². The Kier molecular flexibility index (Phi) is 4.84. The van der Waals surface area contributed by atoms with Gasteiger partial charge in [0.05, 0.1) is 6.61 Å². The summed E-state index contributed by atoms with van der Waals surface area (Å²) in [5, 5.41) is 12.8. The number of nitrogens with zero attached hydrogens (tertiary/aromatic N) is 3. The van der Waals surface area contributed by atoms with Gasteiger partial charge in [0.2, 0.25) is 0 Å². The predicted octanol–water partition coefficient (Wildman–Crippen LogP) is 3.16. The molecule has 1 aromatic carbocycles. The van der Waals surface area contributed by atoms with Crippen LogP contribution in [-0.2, 0) is 4.74 Å². The number of benzene rings is 1. The summed E-state index contributed by atoms with van der Waals surface area (Å²) in [5.74, 6) is 0.218. The van der Waals surface area contributed by atoms with Gasteiger partial charge in [-0.15, -0.1) is 0 Å². The van der Waals surface area contributed by atoms with Crippen molar-refractivity contribution in [1.29, 1.82) is 0 Å². The highest BCUT2D eigenvalue weighted by molar-refractivity contribution is 5.95. The third-order valence-corrected chi connectivity index (χ3v) is 3.34. The second-order valence-corrected chi connectivity index (χ2v) is 5.04. The fourth-order valence-electron chi connectivity index (χ4n) is 2.17. The first-order chi connectivity index (χ1) is 12.2. The van der Waals surface area contributed by atoms with Gasteiger partial charge in [-0.3, -0.25) is 0 Å². The molecule has 3 rings (SSSR count). The number of esters is 1. The van der Waals surface area contributed by atoms with Gasteiger partial charge in [0.25, 0.3) is 0 Å². The van der Waals surface area contributed by atoms with E-state index in [-0.39, 0.29) is 29.6 Å². The zero-order chi connectivity index (χ0) is 17.6. The lowest BCUT2D eigenvalue weighted by Crippen LogP contribution is -2.11. The van der Waals surface area contributed by atoms with Gasteiger partial charge in [-0.05, 0) is 19.1 Å². The van der Waals surface area contributed by atoms with Crippen LogP contribution in [0.5, 0.6) is 5.75 Å². The van der Waals surface area contributed by atoms with Crippen LogP contribution in [0.2, 0.25) is 0 Å². The maximum absolute atomic E-state index is 12.2. The number of rotatable bonds is 5. The second-order valence-electron chi connectivity index (χ2n) is 5.04. The second kappa shape index (κ2) is 7.39. The fourth-order valence-corrected chi connectivity index (χ4v) is 2.17. The van der Waals surface area contributed by atoms with Gasteiger partial charge in [0.1, 0.15) is 11.4 Å². The number of nitrogens with one attached hydrogen (secondary N) is 1. The minimum atomic E-state index is -0.556. The first kappa shape index (κ1) is 16.4. The zero-order valence-corrected chi connectivity index (χ0v) is 13.5.